The summed E-state index contributed by atoms with van der Waals surface area (Å²) in [7, 11) is 2.05. The zero-order valence-electron chi connectivity index (χ0n) is 18.0. The maximum Gasteiger partial charge on any atom is 0.490 e. The predicted octanol–water partition coefficient (Wildman–Crippen LogP) is 1.88. The van der Waals surface area contributed by atoms with Gasteiger partial charge in [-0.15, -0.1) is 5.10 Å². The quantitative estimate of drug-likeness (QED) is 0.748. The first-order valence-electron chi connectivity index (χ1n) is 10.3. The topological polar surface area (TPSA) is 96.6 Å². The Morgan fingerprint density at radius 2 is 2.00 bits per heavy atom. The highest BCUT2D eigenvalue weighted by molar-refractivity contribution is 5.73. The monoisotopic (exact) mass is 456 g/mol. The molecule has 4 heterocycles. The summed E-state index contributed by atoms with van der Waals surface area (Å²) in [5.41, 5.74) is 0.954. The fourth-order valence-corrected chi connectivity index (χ4v) is 3.78. The minimum Gasteiger partial charge on any atom is -0.475 e. The van der Waals surface area contributed by atoms with Crippen LogP contribution in [-0.2, 0) is 23.1 Å². The Morgan fingerprint density at radius 3 is 2.59 bits per heavy atom. The Balaban J connectivity index is 0.000000360. The third kappa shape index (κ3) is 6.39. The Kier molecular flexibility index (Phi) is 7.67. The summed E-state index contributed by atoms with van der Waals surface area (Å²) in [4.78, 5) is 18.1. The molecule has 0 aliphatic carbocycles. The molecule has 0 bridgehead atoms. The van der Waals surface area contributed by atoms with E-state index < -0.39 is 12.1 Å². The first-order valence-corrected chi connectivity index (χ1v) is 10.3. The van der Waals surface area contributed by atoms with Gasteiger partial charge in [-0.25, -0.2) is 9.78 Å². The Labute approximate surface area is 183 Å². The van der Waals surface area contributed by atoms with E-state index in [0.29, 0.717) is 5.92 Å². The largest absolute Gasteiger partial charge is 0.490 e. The molecule has 0 spiro atoms. The number of fused-ring (bicyclic) bond motifs is 1. The maximum absolute atomic E-state index is 10.6. The number of halogens is 3. The number of aryl methyl sites for hydroxylation is 2. The van der Waals surface area contributed by atoms with Crippen LogP contribution in [0.2, 0.25) is 0 Å². The van der Waals surface area contributed by atoms with Gasteiger partial charge in [0.1, 0.15) is 5.82 Å². The molecule has 2 fully saturated rings. The van der Waals surface area contributed by atoms with E-state index in [1.54, 1.807) is 0 Å². The summed E-state index contributed by atoms with van der Waals surface area (Å²) >= 11 is 0. The molecule has 0 saturated carbocycles. The summed E-state index contributed by atoms with van der Waals surface area (Å²) < 4.78 is 40.0. The molecule has 2 atom stereocenters. The predicted molar refractivity (Wildman–Crippen MR) is 109 cm³/mol. The molecule has 0 aromatic carbocycles. The summed E-state index contributed by atoms with van der Waals surface area (Å²) in [5.74, 6) is -0.135. The number of carbonyl (C=O) groups is 1. The molecule has 0 radical (unpaired) electrons. The van der Waals surface area contributed by atoms with Gasteiger partial charge in [0.05, 0.1) is 24.9 Å². The highest BCUT2D eigenvalue weighted by atomic mass is 19.4. The minimum absolute atomic E-state index is 0.289. The minimum atomic E-state index is -5.08. The zero-order chi connectivity index (χ0) is 23.3. The van der Waals surface area contributed by atoms with Crippen molar-refractivity contribution in [2.75, 3.05) is 37.7 Å². The molecule has 2 saturated heterocycles. The molecule has 32 heavy (non-hydrogen) atoms. The third-order valence-electron chi connectivity index (χ3n) is 5.56. The number of hydrogen-bond acceptors (Lipinski definition) is 7. The van der Waals surface area contributed by atoms with E-state index in [0.717, 1.165) is 63.1 Å². The fourth-order valence-electron chi connectivity index (χ4n) is 3.78. The normalized spacial score (nSPS) is 21.8. The SMILES string of the molecule is Cc1ccc(N2CCO[C@@H]3CN(Cc4nccn4C)CC[C@@H]3C2)nn1.O=C(O)C(F)(F)F. The highest BCUT2D eigenvalue weighted by Crippen LogP contribution is 2.26. The van der Waals surface area contributed by atoms with Crippen LogP contribution in [0, 0.1) is 12.8 Å². The number of aliphatic carboxylic acids is 1. The van der Waals surface area contributed by atoms with E-state index >= 15 is 0 Å². The van der Waals surface area contributed by atoms with Gasteiger partial charge in [-0.3, -0.25) is 4.90 Å². The van der Waals surface area contributed by atoms with E-state index in [9.17, 15) is 13.2 Å². The summed E-state index contributed by atoms with van der Waals surface area (Å²) in [6.45, 7) is 7.55. The number of anilines is 1. The van der Waals surface area contributed by atoms with Crippen molar-refractivity contribution in [2.24, 2.45) is 13.0 Å². The summed E-state index contributed by atoms with van der Waals surface area (Å²) in [6.07, 6.45) is 0.220. The number of rotatable bonds is 3. The van der Waals surface area contributed by atoms with Crippen molar-refractivity contribution in [3.8, 4) is 0 Å². The second-order valence-corrected chi connectivity index (χ2v) is 7.93. The smallest absolute Gasteiger partial charge is 0.475 e. The number of carboxylic acid groups (broad SMARTS) is 1. The molecule has 1 N–H and O–H groups in total. The van der Waals surface area contributed by atoms with Gasteiger partial charge in [0.25, 0.3) is 0 Å². The Bertz CT molecular complexity index is 889. The second-order valence-electron chi connectivity index (χ2n) is 7.93. The van der Waals surface area contributed by atoms with Crippen molar-refractivity contribution in [1.29, 1.82) is 0 Å². The van der Waals surface area contributed by atoms with Crippen LogP contribution in [0.25, 0.3) is 0 Å². The van der Waals surface area contributed by atoms with Gasteiger partial charge in [0.15, 0.2) is 5.82 Å². The van der Waals surface area contributed by atoms with Gasteiger partial charge in [0.2, 0.25) is 0 Å². The lowest BCUT2D eigenvalue weighted by atomic mass is 9.93. The van der Waals surface area contributed by atoms with Crippen molar-refractivity contribution in [2.45, 2.75) is 32.2 Å². The number of aromatic nitrogens is 4. The average molecular weight is 456 g/mol. The number of likely N-dealkylation sites (tertiary alicyclic amines) is 1. The second kappa shape index (κ2) is 10.3. The number of alkyl halides is 3. The molecule has 4 rings (SSSR count). The summed E-state index contributed by atoms with van der Waals surface area (Å²) in [6, 6.07) is 4.10. The number of carboxylic acids is 1. The van der Waals surface area contributed by atoms with Crippen LogP contribution in [-0.4, -0.2) is 80.8 Å². The van der Waals surface area contributed by atoms with Gasteiger partial charge >= 0.3 is 12.1 Å². The molecule has 9 nitrogen and oxygen atoms in total. The van der Waals surface area contributed by atoms with Gasteiger partial charge < -0.3 is 19.3 Å². The molecular weight excluding hydrogens is 429 g/mol. The molecule has 2 aromatic rings. The number of nitrogens with zero attached hydrogens (tertiary/aromatic N) is 6. The number of imidazole rings is 1. The lowest BCUT2D eigenvalue weighted by Gasteiger charge is -2.37. The van der Waals surface area contributed by atoms with Crippen LogP contribution >= 0.6 is 0 Å². The Morgan fingerprint density at radius 1 is 1.25 bits per heavy atom. The molecule has 176 valence electrons. The first-order chi connectivity index (χ1) is 15.1. The fraction of sp³-hybridized carbons (Fsp3) is 0.600. The lowest BCUT2D eigenvalue weighted by Crippen LogP contribution is -2.46. The van der Waals surface area contributed by atoms with Crippen molar-refractivity contribution in [3.05, 3.63) is 36.0 Å². The average Bonchev–Trinajstić information content (AvgIpc) is 3.01. The van der Waals surface area contributed by atoms with Gasteiger partial charge in [-0.2, -0.15) is 18.3 Å². The van der Waals surface area contributed by atoms with Crippen molar-refractivity contribution in [1.82, 2.24) is 24.6 Å². The van der Waals surface area contributed by atoms with Crippen molar-refractivity contribution in [3.63, 3.8) is 0 Å². The van der Waals surface area contributed by atoms with Crippen LogP contribution < -0.4 is 4.90 Å². The molecule has 0 amide bonds. The van der Waals surface area contributed by atoms with Crippen LogP contribution in [0.1, 0.15) is 17.9 Å². The third-order valence-corrected chi connectivity index (χ3v) is 5.56. The molecule has 2 aliphatic rings. The van der Waals surface area contributed by atoms with Crippen LogP contribution in [0.5, 0.6) is 0 Å². The highest BCUT2D eigenvalue weighted by Gasteiger charge is 2.38. The van der Waals surface area contributed by atoms with Gasteiger partial charge in [-0.05, 0) is 32.0 Å². The van der Waals surface area contributed by atoms with E-state index in [2.05, 4.69) is 42.7 Å². The molecule has 2 aliphatic heterocycles. The van der Waals surface area contributed by atoms with Gasteiger partial charge in [-0.1, -0.05) is 0 Å². The van der Waals surface area contributed by atoms with Gasteiger partial charge in [0, 0.05) is 45.0 Å². The maximum atomic E-state index is 10.6. The van der Waals surface area contributed by atoms with Crippen LogP contribution in [0.4, 0.5) is 19.0 Å². The number of hydrogen-bond donors (Lipinski definition) is 1. The molecule has 2 aromatic heterocycles. The van der Waals surface area contributed by atoms with Crippen LogP contribution in [0.15, 0.2) is 24.5 Å². The molecule has 0 unspecified atom stereocenters. The summed E-state index contributed by atoms with van der Waals surface area (Å²) in [5, 5.41) is 15.7. The number of ether oxygens (including phenoxy) is 1. The van der Waals surface area contributed by atoms with E-state index in [4.69, 9.17) is 14.6 Å². The number of piperidine rings is 1. The molecule has 12 heteroatoms. The van der Waals surface area contributed by atoms with E-state index in [1.165, 1.54) is 0 Å². The van der Waals surface area contributed by atoms with E-state index in [-0.39, 0.29) is 6.10 Å². The van der Waals surface area contributed by atoms with Crippen molar-refractivity contribution >= 4 is 11.8 Å². The lowest BCUT2D eigenvalue weighted by molar-refractivity contribution is -0.192. The van der Waals surface area contributed by atoms with E-state index in [1.807, 2.05) is 25.4 Å². The first kappa shape index (κ1) is 23.9. The molecular formula is C20H27F3N6O3. The Hall–Kier alpha value is -2.73. The standard InChI is InChI=1S/C18H26N6O.C2HF3O2/c1-14-3-4-17(21-20-14)24-9-10-25-16-12-23(7-5-15(16)11-24)13-18-19-6-8-22(18)2;3-2(4,5)1(6)7/h3-4,6,8,15-16H,5,7,9-13H2,1-2H3;(H,6,7)/t15-,16-;/m1./s1. The zero-order valence-corrected chi connectivity index (χ0v) is 18.0. The van der Waals surface area contributed by atoms with Crippen LogP contribution in [0.3, 0.4) is 0 Å². The van der Waals surface area contributed by atoms with Crippen molar-refractivity contribution < 1.29 is 27.8 Å².